The predicted octanol–water partition coefficient (Wildman–Crippen LogP) is 7.95. The first-order valence-electron chi connectivity index (χ1n) is 14.8. The molecule has 2 amide bonds. The molecule has 2 atom stereocenters. The van der Waals surface area contributed by atoms with Crippen LogP contribution in [0.4, 0.5) is 11.4 Å². The number of amides is 2. The summed E-state index contributed by atoms with van der Waals surface area (Å²) in [5, 5.41) is 4.05. The van der Waals surface area contributed by atoms with E-state index in [1.807, 2.05) is 97.2 Å². The summed E-state index contributed by atoms with van der Waals surface area (Å²) in [6, 6.07) is 44.8. The van der Waals surface area contributed by atoms with Crippen LogP contribution in [0.15, 0.2) is 138 Å². The van der Waals surface area contributed by atoms with Gasteiger partial charge in [-0.1, -0.05) is 121 Å². The van der Waals surface area contributed by atoms with Gasteiger partial charge in [0.05, 0.1) is 28.6 Å². The van der Waals surface area contributed by atoms with Crippen molar-refractivity contribution in [3.63, 3.8) is 0 Å². The van der Waals surface area contributed by atoms with Crippen molar-refractivity contribution in [2.24, 2.45) is 16.8 Å². The molecule has 4 heteroatoms. The summed E-state index contributed by atoms with van der Waals surface area (Å²) in [5.74, 6) is -1.66. The van der Waals surface area contributed by atoms with Crippen molar-refractivity contribution < 1.29 is 9.59 Å². The molecule has 0 aromatic heterocycles. The molecule has 0 N–H and O–H groups in total. The average molecular weight is 555 g/mol. The van der Waals surface area contributed by atoms with Gasteiger partial charge in [-0.15, -0.1) is 0 Å². The summed E-state index contributed by atoms with van der Waals surface area (Å²) in [6.45, 7) is 0. The zero-order valence-corrected chi connectivity index (χ0v) is 23.2. The molecular formula is C39H26N2O2. The molecule has 1 aliphatic heterocycles. The van der Waals surface area contributed by atoms with E-state index in [1.165, 1.54) is 4.90 Å². The van der Waals surface area contributed by atoms with Crippen LogP contribution in [0, 0.1) is 11.8 Å². The highest BCUT2D eigenvalue weighted by Gasteiger charge is 2.68. The smallest absolute Gasteiger partial charge is 0.239 e. The summed E-state index contributed by atoms with van der Waals surface area (Å²) >= 11 is 0. The molecule has 1 heterocycles. The molecule has 1 saturated heterocycles. The van der Waals surface area contributed by atoms with Crippen LogP contribution < -0.4 is 4.90 Å². The molecule has 0 unspecified atom stereocenters. The number of fused-ring (bicyclic) bond motifs is 2. The molecular weight excluding hydrogens is 528 g/mol. The van der Waals surface area contributed by atoms with Gasteiger partial charge in [-0.05, 0) is 45.2 Å². The Bertz CT molecular complexity index is 2120. The van der Waals surface area contributed by atoms with E-state index in [1.54, 1.807) is 0 Å². The van der Waals surface area contributed by atoms with Crippen LogP contribution >= 0.6 is 0 Å². The van der Waals surface area contributed by atoms with Crippen molar-refractivity contribution in [1.82, 2.24) is 0 Å². The maximum atomic E-state index is 14.9. The number of anilines is 1. The lowest BCUT2D eigenvalue weighted by atomic mass is 9.47. The fourth-order valence-corrected chi connectivity index (χ4v) is 8.18. The highest BCUT2D eigenvalue weighted by atomic mass is 16.2. The maximum absolute atomic E-state index is 14.9. The summed E-state index contributed by atoms with van der Waals surface area (Å²) in [4.78, 5) is 36.2. The lowest BCUT2D eigenvalue weighted by molar-refractivity contribution is -0.122. The predicted molar refractivity (Wildman–Crippen MR) is 171 cm³/mol. The first kappa shape index (κ1) is 24.3. The van der Waals surface area contributed by atoms with Crippen molar-refractivity contribution in [2.75, 3.05) is 4.90 Å². The highest BCUT2D eigenvalue weighted by Crippen LogP contribution is 2.64. The van der Waals surface area contributed by atoms with Gasteiger partial charge in [0.2, 0.25) is 11.8 Å². The Balaban J connectivity index is 1.32. The second kappa shape index (κ2) is 8.83. The summed E-state index contributed by atoms with van der Waals surface area (Å²) in [5.41, 5.74) is 4.91. The molecule has 4 nitrogen and oxygen atoms in total. The Morgan fingerprint density at radius 1 is 0.581 bits per heavy atom. The molecule has 0 spiro atoms. The van der Waals surface area contributed by atoms with Gasteiger partial charge in [0, 0.05) is 22.9 Å². The third kappa shape index (κ3) is 3.13. The Labute approximate surface area is 248 Å². The number of carbonyl (C=O) groups excluding carboxylic acids is 2. The molecule has 4 aliphatic rings. The van der Waals surface area contributed by atoms with Crippen LogP contribution in [-0.4, -0.2) is 18.0 Å². The number of hydrogen-bond acceptors (Lipinski definition) is 3. The van der Waals surface area contributed by atoms with Crippen LogP contribution in [0.5, 0.6) is 0 Å². The number of benzene rings is 6. The lowest BCUT2D eigenvalue weighted by Gasteiger charge is -2.52. The number of aliphatic imine (C=N–C) groups is 1. The Morgan fingerprint density at radius 2 is 1.14 bits per heavy atom. The quantitative estimate of drug-likeness (QED) is 0.165. The maximum Gasteiger partial charge on any atom is 0.239 e. The molecule has 10 rings (SSSR count). The van der Waals surface area contributed by atoms with E-state index < -0.39 is 17.3 Å². The topological polar surface area (TPSA) is 49.7 Å². The van der Waals surface area contributed by atoms with E-state index in [-0.39, 0.29) is 17.7 Å². The fraction of sp³-hybridized carbons (Fsp3) is 0.103. The summed E-state index contributed by atoms with van der Waals surface area (Å²) < 4.78 is 0. The van der Waals surface area contributed by atoms with E-state index in [0.717, 1.165) is 49.5 Å². The fourth-order valence-electron chi connectivity index (χ4n) is 8.18. The number of imide groups is 1. The Hall–Kier alpha value is -5.35. The van der Waals surface area contributed by atoms with Gasteiger partial charge < -0.3 is 0 Å². The molecule has 43 heavy (non-hydrogen) atoms. The average Bonchev–Trinajstić information content (AvgIpc) is 3.33. The lowest BCUT2D eigenvalue weighted by Crippen LogP contribution is -2.54. The molecule has 204 valence electrons. The van der Waals surface area contributed by atoms with Crippen molar-refractivity contribution in [1.29, 1.82) is 0 Å². The second-order valence-corrected chi connectivity index (χ2v) is 11.8. The van der Waals surface area contributed by atoms with E-state index in [9.17, 15) is 9.59 Å². The second-order valence-electron chi connectivity index (χ2n) is 11.8. The van der Waals surface area contributed by atoms with Crippen LogP contribution in [-0.2, 0) is 15.0 Å². The van der Waals surface area contributed by atoms with Crippen LogP contribution in [0.1, 0.15) is 28.2 Å². The first-order chi connectivity index (χ1) is 21.2. The van der Waals surface area contributed by atoms with Gasteiger partial charge in [-0.3, -0.25) is 14.6 Å². The number of carbonyl (C=O) groups is 2. The van der Waals surface area contributed by atoms with Crippen molar-refractivity contribution in [3.8, 4) is 0 Å². The van der Waals surface area contributed by atoms with Gasteiger partial charge in [0.1, 0.15) is 0 Å². The zero-order chi connectivity index (χ0) is 28.7. The van der Waals surface area contributed by atoms with Gasteiger partial charge in [-0.25, -0.2) is 4.90 Å². The standard InChI is InChI=1S/C39H26N2O2/c42-37-35-34-28-17-5-7-19-30(28)39(31-20-8-6-18-29(31)34,23-40-32-21-9-13-24-11-1-3-15-26(24)32)36(35)38(43)41(37)33-22-10-14-25-12-2-4-16-27(25)33/h1-23,34-36H/t34?,35-,36+,39?/m0/s1. The Kier molecular flexibility index (Phi) is 4.98. The van der Waals surface area contributed by atoms with Crippen LogP contribution in [0.3, 0.4) is 0 Å². The molecule has 0 saturated carbocycles. The zero-order valence-electron chi connectivity index (χ0n) is 23.2. The van der Waals surface area contributed by atoms with E-state index in [0.29, 0.717) is 5.69 Å². The molecule has 2 bridgehead atoms. The normalized spacial score (nSPS) is 23.6. The van der Waals surface area contributed by atoms with Gasteiger partial charge in [0.15, 0.2) is 0 Å². The minimum absolute atomic E-state index is 0.136. The number of nitrogens with zero attached hydrogens (tertiary/aromatic N) is 2. The SMILES string of the molecule is O=C1[C@H]2C3c4ccccc4C(C=Nc4cccc5ccccc45)(c4ccccc43)[C@H]2C(=O)N1c1cccc2ccccc12. The van der Waals surface area contributed by atoms with Gasteiger partial charge in [0.25, 0.3) is 0 Å². The first-order valence-corrected chi connectivity index (χ1v) is 14.8. The molecule has 1 fully saturated rings. The summed E-state index contributed by atoms with van der Waals surface area (Å²) in [6.07, 6.45) is 1.98. The molecule has 0 radical (unpaired) electrons. The minimum Gasteiger partial charge on any atom is -0.274 e. The van der Waals surface area contributed by atoms with E-state index in [4.69, 9.17) is 4.99 Å². The molecule has 3 aliphatic carbocycles. The minimum atomic E-state index is -0.907. The third-order valence-corrected chi connectivity index (χ3v) is 9.87. The van der Waals surface area contributed by atoms with Crippen molar-refractivity contribution in [3.05, 3.63) is 156 Å². The number of hydrogen-bond donors (Lipinski definition) is 0. The monoisotopic (exact) mass is 554 g/mol. The van der Waals surface area contributed by atoms with E-state index in [2.05, 4.69) is 42.5 Å². The largest absolute Gasteiger partial charge is 0.274 e. The summed E-state index contributed by atoms with van der Waals surface area (Å²) in [7, 11) is 0. The highest BCUT2D eigenvalue weighted by molar-refractivity contribution is 6.27. The van der Waals surface area contributed by atoms with Gasteiger partial charge in [-0.2, -0.15) is 0 Å². The van der Waals surface area contributed by atoms with Crippen molar-refractivity contribution >= 4 is 50.9 Å². The van der Waals surface area contributed by atoms with Gasteiger partial charge >= 0.3 is 0 Å². The van der Waals surface area contributed by atoms with Crippen LogP contribution in [0.25, 0.3) is 21.5 Å². The van der Waals surface area contributed by atoms with E-state index >= 15 is 0 Å². The van der Waals surface area contributed by atoms with Crippen LogP contribution in [0.2, 0.25) is 0 Å². The molecule has 6 aromatic carbocycles. The Morgan fingerprint density at radius 3 is 1.86 bits per heavy atom. The third-order valence-electron chi connectivity index (χ3n) is 9.87. The number of rotatable bonds is 3. The molecule has 6 aromatic rings. The van der Waals surface area contributed by atoms with Crippen molar-refractivity contribution in [2.45, 2.75) is 11.3 Å².